The fourth-order valence-electron chi connectivity index (χ4n) is 4.00. The summed E-state index contributed by atoms with van der Waals surface area (Å²) in [5, 5.41) is 12.5. The second-order valence-electron chi connectivity index (χ2n) is 6.79. The number of hydrogen-bond donors (Lipinski definition) is 0. The number of benzene rings is 2. The molecule has 1 unspecified atom stereocenters. The van der Waals surface area contributed by atoms with Crippen LogP contribution in [0.25, 0.3) is 22.1 Å². The number of carboxylic acid groups (broad SMARTS) is 1. The van der Waals surface area contributed by atoms with Crippen molar-refractivity contribution in [3.8, 4) is 11.1 Å². The molecule has 2 aromatic carbocycles. The second kappa shape index (κ2) is 6.45. The highest BCUT2D eigenvalue weighted by molar-refractivity contribution is 5.97. The molecule has 1 aromatic heterocycles. The Kier molecular flexibility index (Phi) is 4.11. The lowest BCUT2D eigenvalue weighted by Crippen LogP contribution is -2.32. The molecule has 0 aliphatic heterocycles. The van der Waals surface area contributed by atoms with Gasteiger partial charge in [0.15, 0.2) is 0 Å². The van der Waals surface area contributed by atoms with E-state index in [1.165, 1.54) is 11.1 Å². The van der Waals surface area contributed by atoms with Crippen molar-refractivity contribution in [3.63, 3.8) is 0 Å². The highest BCUT2D eigenvalue weighted by Crippen LogP contribution is 2.37. The van der Waals surface area contributed by atoms with Crippen molar-refractivity contribution in [2.75, 3.05) is 0 Å². The van der Waals surface area contributed by atoms with E-state index in [-0.39, 0.29) is 12.0 Å². The monoisotopic (exact) mass is 347 g/mol. The predicted octanol–water partition coefficient (Wildman–Crippen LogP) is 3.19. The molecule has 0 saturated heterocycles. The van der Waals surface area contributed by atoms with E-state index in [2.05, 4.69) is 6.07 Å². The lowest BCUT2D eigenvalue weighted by Gasteiger charge is -2.20. The van der Waals surface area contributed by atoms with Gasteiger partial charge in [-0.15, -0.1) is 0 Å². The van der Waals surface area contributed by atoms with Gasteiger partial charge in [0.2, 0.25) is 0 Å². The van der Waals surface area contributed by atoms with Gasteiger partial charge in [-0.25, -0.2) is 4.79 Å². The standard InChI is InChI=1S/C22H20O4/c1-2-16(21(23)24)20-19(13-7-4-3-5-8-13)17-11-14-9-6-10-15(14)12-18(17)26-22(20)25/h3-5,7-8,11-12,16H,2,6,9-10H2,1H3,(H,23,24)/p-1. The van der Waals surface area contributed by atoms with E-state index in [0.29, 0.717) is 11.1 Å². The molecule has 0 bridgehead atoms. The van der Waals surface area contributed by atoms with Crippen LogP contribution < -0.4 is 10.7 Å². The van der Waals surface area contributed by atoms with E-state index < -0.39 is 17.5 Å². The van der Waals surface area contributed by atoms with Gasteiger partial charge in [-0.2, -0.15) is 0 Å². The zero-order valence-corrected chi connectivity index (χ0v) is 14.6. The number of hydrogen-bond acceptors (Lipinski definition) is 4. The maximum atomic E-state index is 12.8. The number of aryl methyl sites for hydroxylation is 2. The smallest absolute Gasteiger partial charge is 0.340 e. The van der Waals surface area contributed by atoms with Crippen LogP contribution in [0.4, 0.5) is 0 Å². The van der Waals surface area contributed by atoms with E-state index in [0.717, 1.165) is 30.2 Å². The first-order valence-corrected chi connectivity index (χ1v) is 8.99. The molecular weight excluding hydrogens is 328 g/mol. The summed E-state index contributed by atoms with van der Waals surface area (Å²) in [6.45, 7) is 1.74. The summed E-state index contributed by atoms with van der Waals surface area (Å²) in [6.07, 6.45) is 3.32. The van der Waals surface area contributed by atoms with Gasteiger partial charge in [0.1, 0.15) is 5.58 Å². The molecule has 0 saturated carbocycles. The number of carboxylic acids is 1. The summed E-state index contributed by atoms with van der Waals surface area (Å²) in [7, 11) is 0. The molecule has 3 aromatic rings. The van der Waals surface area contributed by atoms with Crippen molar-refractivity contribution in [1.29, 1.82) is 0 Å². The number of aliphatic carboxylic acids is 1. The number of rotatable bonds is 4. The Bertz CT molecular complexity index is 1050. The van der Waals surface area contributed by atoms with Crippen LogP contribution in [-0.4, -0.2) is 5.97 Å². The Hall–Kier alpha value is -2.88. The Morgan fingerprint density at radius 3 is 2.50 bits per heavy atom. The molecular formula is C22H19O4-. The third kappa shape index (κ3) is 2.62. The molecule has 132 valence electrons. The van der Waals surface area contributed by atoms with Gasteiger partial charge < -0.3 is 14.3 Å². The van der Waals surface area contributed by atoms with E-state index >= 15 is 0 Å². The summed E-state index contributed by atoms with van der Waals surface area (Å²) in [5.74, 6) is -2.25. The van der Waals surface area contributed by atoms with E-state index in [1.807, 2.05) is 36.4 Å². The minimum absolute atomic E-state index is 0.184. The summed E-state index contributed by atoms with van der Waals surface area (Å²) >= 11 is 0. The van der Waals surface area contributed by atoms with Gasteiger partial charge in [0.05, 0.1) is 5.56 Å². The van der Waals surface area contributed by atoms with Crippen LogP contribution in [0.5, 0.6) is 0 Å². The van der Waals surface area contributed by atoms with Gasteiger partial charge in [-0.05, 0) is 54.5 Å². The fraction of sp³-hybridized carbons (Fsp3) is 0.273. The molecule has 0 spiro atoms. The summed E-state index contributed by atoms with van der Waals surface area (Å²) in [4.78, 5) is 24.5. The van der Waals surface area contributed by atoms with Crippen LogP contribution in [0.15, 0.2) is 51.7 Å². The minimum atomic E-state index is -1.25. The lowest BCUT2D eigenvalue weighted by atomic mass is 9.87. The molecule has 1 aliphatic rings. The summed E-state index contributed by atoms with van der Waals surface area (Å²) in [6, 6.07) is 13.5. The van der Waals surface area contributed by atoms with Crippen molar-refractivity contribution in [1.82, 2.24) is 0 Å². The van der Waals surface area contributed by atoms with E-state index in [9.17, 15) is 14.7 Å². The summed E-state index contributed by atoms with van der Waals surface area (Å²) in [5.41, 5.74) is 4.04. The van der Waals surface area contributed by atoms with Crippen LogP contribution in [0.2, 0.25) is 0 Å². The van der Waals surface area contributed by atoms with Gasteiger partial charge in [-0.1, -0.05) is 37.3 Å². The molecule has 0 fully saturated rings. The zero-order valence-electron chi connectivity index (χ0n) is 14.6. The van der Waals surface area contributed by atoms with Gasteiger partial charge >= 0.3 is 5.63 Å². The fourth-order valence-corrected chi connectivity index (χ4v) is 4.00. The van der Waals surface area contributed by atoms with Crippen molar-refractivity contribution in [3.05, 3.63) is 69.6 Å². The largest absolute Gasteiger partial charge is 0.549 e. The van der Waals surface area contributed by atoms with Crippen molar-refractivity contribution in [2.45, 2.75) is 38.5 Å². The third-order valence-electron chi connectivity index (χ3n) is 5.26. The van der Waals surface area contributed by atoms with Crippen LogP contribution >= 0.6 is 0 Å². The first-order valence-electron chi connectivity index (χ1n) is 8.99. The van der Waals surface area contributed by atoms with Crippen molar-refractivity contribution in [2.24, 2.45) is 0 Å². The maximum absolute atomic E-state index is 12.8. The molecule has 0 N–H and O–H groups in total. The number of carbonyl (C=O) groups excluding carboxylic acids is 1. The molecule has 0 amide bonds. The SMILES string of the molecule is CCC(C(=O)[O-])c1c(-c2ccccc2)c2cc3c(cc2oc1=O)CCC3. The average Bonchev–Trinajstić information content (AvgIpc) is 3.08. The highest BCUT2D eigenvalue weighted by Gasteiger charge is 2.25. The molecule has 4 nitrogen and oxygen atoms in total. The molecule has 4 rings (SSSR count). The van der Waals surface area contributed by atoms with Crippen LogP contribution in [0.1, 0.15) is 42.4 Å². The molecule has 1 aliphatic carbocycles. The Balaban J connectivity index is 2.13. The Morgan fingerprint density at radius 1 is 1.15 bits per heavy atom. The van der Waals surface area contributed by atoms with Gasteiger partial charge in [-0.3, -0.25) is 0 Å². The molecule has 26 heavy (non-hydrogen) atoms. The van der Waals surface area contributed by atoms with Crippen molar-refractivity contribution >= 4 is 16.9 Å². The van der Waals surface area contributed by atoms with Gasteiger partial charge in [0.25, 0.3) is 0 Å². The zero-order chi connectivity index (χ0) is 18.3. The quantitative estimate of drug-likeness (QED) is 0.680. The second-order valence-corrected chi connectivity index (χ2v) is 6.79. The molecule has 1 atom stereocenters. The number of carbonyl (C=O) groups is 1. The van der Waals surface area contributed by atoms with Crippen LogP contribution in [-0.2, 0) is 17.6 Å². The number of fused-ring (bicyclic) bond motifs is 2. The maximum Gasteiger partial charge on any atom is 0.340 e. The van der Waals surface area contributed by atoms with Crippen molar-refractivity contribution < 1.29 is 14.3 Å². The average molecular weight is 347 g/mol. The van der Waals surface area contributed by atoms with Crippen LogP contribution in [0.3, 0.4) is 0 Å². The predicted molar refractivity (Wildman–Crippen MR) is 98.0 cm³/mol. The lowest BCUT2D eigenvalue weighted by molar-refractivity contribution is -0.308. The summed E-state index contributed by atoms with van der Waals surface area (Å²) < 4.78 is 5.57. The first kappa shape index (κ1) is 16.6. The van der Waals surface area contributed by atoms with Crippen LogP contribution in [0, 0.1) is 0 Å². The van der Waals surface area contributed by atoms with E-state index in [1.54, 1.807) is 6.92 Å². The Labute approximate surface area is 151 Å². The molecule has 0 radical (unpaired) electrons. The normalized spacial score (nSPS) is 14.3. The molecule has 4 heteroatoms. The first-order chi connectivity index (χ1) is 12.6. The van der Waals surface area contributed by atoms with E-state index in [4.69, 9.17) is 4.42 Å². The van der Waals surface area contributed by atoms with Gasteiger partial charge in [0, 0.05) is 22.8 Å². The third-order valence-corrected chi connectivity index (χ3v) is 5.26. The molecule has 1 heterocycles. The highest BCUT2D eigenvalue weighted by atomic mass is 16.4. The Morgan fingerprint density at radius 2 is 1.85 bits per heavy atom. The topological polar surface area (TPSA) is 70.3 Å². The minimum Gasteiger partial charge on any atom is -0.549 e.